The standard InChI is InChI=1S/C21H22N2O3/c24-20-12-16(14-23(20)13-15-10-11-15)21(25)22-18-8-4-5-9-19(18)26-17-6-2-1-3-7-17/h1-9,15-16H,10-14H2,(H,22,25). The van der Waals surface area contributed by atoms with Crippen LogP contribution in [-0.4, -0.2) is 29.8 Å². The Labute approximate surface area is 153 Å². The molecule has 0 aromatic heterocycles. The lowest BCUT2D eigenvalue weighted by Gasteiger charge is -2.17. The third kappa shape index (κ3) is 3.87. The first-order valence-electron chi connectivity index (χ1n) is 9.09. The summed E-state index contributed by atoms with van der Waals surface area (Å²) in [6.45, 7) is 1.32. The summed E-state index contributed by atoms with van der Waals surface area (Å²) in [5, 5.41) is 2.94. The van der Waals surface area contributed by atoms with E-state index in [0.717, 1.165) is 6.54 Å². The highest BCUT2D eigenvalue weighted by molar-refractivity contribution is 5.98. The van der Waals surface area contributed by atoms with Crippen molar-refractivity contribution in [3.05, 3.63) is 54.6 Å². The molecule has 0 spiro atoms. The number of para-hydroxylation sites is 3. The van der Waals surface area contributed by atoms with Crippen molar-refractivity contribution in [2.45, 2.75) is 19.3 Å². The van der Waals surface area contributed by atoms with Crippen LogP contribution in [-0.2, 0) is 9.59 Å². The number of carbonyl (C=O) groups is 2. The van der Waals surface area contributed by atoms with Gasteiger partial charge in [-0.25, -0.2) is 0 Å². The maximum atomic E-state index is 12.7. The predicted octanol–water partition coefficient (Wildman–Crippen LogP) is 3.68. The summed E-state index contributed by atoms with van der Waals surface area (Å²) in [4.78, 5) is 26.6. The normalized spacial score (nSPS) is 19.5. The summed E-state index contributed by atoms with van der Waals surface area (Å²) < 4.78 is 5.88. The first-order valence-corrected chi connectivity index (χ1v) is 9.09. The highest BCUT2D eigenvalue weighted by Gasteiger charge is 2.37. The van der Waals surface area contributed by atoms with E-state index < -0.39 is 0 Å². The molecule has 1 unspecified atom stereocenters. The molecule has 2 fully saturated rings. The number of amides is 2. The molecular formula is C21H22N2O3. The minimum Gasteiger partial charge on any atom is -0.455 e. The van der Waals surface area contributed by atoms with Gasteiger partial charge in [-0.3, -0.25) is 9.59 Å². The van der Waals surface area contributed by atoms with Gasteiger partial charge in [0.2, 0.25) is 11.8 Å². The maximum absolute atomic E-state index is 12.7. The Kier molecular flexibility index (Phi) is 4.61. The fraction of sp³-hybridized carbons (Fsp3) is 0.333. The summed E-state index contributed by atoms with van der Waals surface area (Å²) >= 11 is 0. The van der Waals surface area contributed by atoms with Crippen molar-refractivity contribution >= 4 is 17.5 Å². The van der Waals surface area contributed by atoms with E-state index >= 15 is 0 Å². The summed E-state index contributed by atoms with van der Waals surface area (Å²) in [6.07, 6.45) is 2.69. The molecule has 2 aromatic carbocycles. The van der Waals surface area contributed by atoms with Crippen LogP contribution in [0, 0.1) is 11.8 Å². The van der Waals surface area contributed by atoms with Crippen LogP contribution < -0.4 is 10.1 Å². The van der Waals surface area contributed by atoms with Gasteiger partial charge in [0, 0.05) is 19.5 Å². The van der Waals surface area contributed by atoms with Gasteiger partial charge in [-0.2, -0.15) is 0 Å². The third-order valence-corrected chi connectivity index (χ3v) is 4.88. The number of anilines is 1. The molecule has 4 rings (SSSR count). The summed E-state index contributed by atoms with van der Waals surface area (Å²) in [6, 6.07) is 16.8. The first kappa shape index (κ1) is 16.6. The number of benzene rings is 2. The van der Waals surface area contributed by atoms with Crippen LogP contribution in [0.5, 0.6) is 11.5 Å². The molecule has 1 N–H and O–H groups in total. The highest BCUT2D eigenvalue weighted by atomic mass is 16.5. The van der Waals surface area contributed by atoms with Gasteiger partial charge < -0.3 is 15.0 Å². The molecule has 26 heavy (non-hydrogen) atoms. The number of ether oxygens (including phenoxy) is 1. The second-order valence-corrected chi connectivity index (χ2v) is 7.04. The smallest absolute Gasteiger partial charge is 0.229 e. The first-order chi connectivity index (χ1) is 12.7. The van der Waals surface area contributed by atoms with Gasteiger partial charge in [-0.05, 0) is 43.0 Å². The average Bonchev–Trinajstić information content (AvgIpc) is 3.39. The van der Waals surface area contributed by atoms with Crippen molar-refractivity contribution in [3.8, 4) is 11.5 Å². The van der Waals surface area contributed by atoms with Gasteiger partial charge in [-0.15, -0.1) is 0 Å². The zero-order valence-corrected chi connectivity index (χ0v) is 14.6. The molecule has 2 amide bonds. The Balaban J connectivity index is 1.42. The fourth-order valence-corrected chi connectivity index (χ4v) is 3.25. The molecule has 1 saturated carbocycles. The number of hydrogen-bond donors (Lipinski definition) is 1. The molecule has 2 aliphatic rings. The average molecular weight is 350 g/mol. The van der Waals surface area contributed by atoms with Crippen molar-refractivity contribution in [1.29, 1.82) is 0 Å². The number of hydrogen-bond acceptors (Lipinski definition) is 3. The van der Waals surface area contributed by atoms with Crippen molar-refractivity contribution in [2.24, 2.45) is 11.8 Å². The lowest BCUT2D eigenvalue weighted by molar-refractivity contribution is -0.128. The van der Waals surface area contributed by atoms with Crippen molar-refractivity contribution in [2.75, 3.05) is 18.4 Å². The van der Waals surface area contributed by atoms with E-state index in [-0.39, 0.29) is 17.7 Å². The van der Waals surface area contributed by atoms with E-state index in [1.807, 2.05) is 59.5 Å². The van der Waals surface area contributed by atoms with E-state index in [2.05, 4.69) is 5.32 Å². The SMILES string of the molecule is O=C(Nc1ccccc1Oc1ccccc1)C1CC(=O)N(CC2CC2)C1. The van der Waals surface area contributed by atoms with E-state index in [4.69, 9.17) is 4.74 Å². The van der Waals surface area contributed by atoms with Gasteiger partial charge >= 0.3 is 0 Å². The Hall–Kier alpha value is -2.82. The summed E-state index contributed by atoms with van der Waals surface area (Å²) in [5.74, 6) is 1.60. The topological polar surface area (TPSA) is 58.6 Å². The maximum Gasteiger partial charge on any atom is 0.229 e. The van der Waals surface area contributed by atoms with Gasteiger partial charge in [0.1, 0.15) is 5.75 Å². The van der Waals surface area contributed by atoms with Crippen LogP contribution in [0.25, 0.3) is 0 Å². The zero-order chi connectivity index (χ0) is 17.9. The molecule has 134 valence electrons. The Morgan fingerprint density at radius 2 is 1.81 bits per heavy atom. The second kappa shape index (κ2) is 7.20. The molecule has 5 nitrogen and oxygen atoms in total. The van der Waals surface area contributed by atoms with E-state index in [1.165, 1.54) is 12.8 Å². The third-order valence-electron chi connectivity index (χ3n) is 4.88. The molecule has 0 radical (unpaired) electrons. The van der Waals surface area contributed by atoms with Crippen LogP contribution >= 0.6 is 0 Å². The van der Waals surface area contributed by atoms with Crippen LogP contribution in [0.4, 0.5) is 5.69 Å². The number of rotatable bonds is 6. The number of likely N-dealkylation sites (tertiary alicyclic amines) is 1. The van der Waals surface area contributed by atoms with E-state index in [1.54, 1.807) is 0 Å². The monoisotopic (exact) mass is 350 g/mol. The number of carbonyl (C=O) groups excluding carboxylic acids is 2. The molecule has 1 saturated heterocycles. The zero-order valence-electron chi connectivity index (χ0n) is 14.6. The summed E-state index contributed by atoms with van der Waals surface area (Å²) in [7, 11) is 0. The Bertz CT molecular complexity index is 802. The molecular weight excluding hydrogens is 328 g/mol. The predicted molar refractivity (Wildman–Crippen MR) is 99.0 cm³/mol. The van der Waals surface area contributed by atoms with Gasteiger partial charge in [0.05, 0.1) is 11.6 Å². The minimum atomic E-state index is -0.300. The van der Waals surface area contributed by atoms with Gasteiger partial charge in [0.25, 0.3) is 0 Å². The minimum absolute atomic E-state index is 0.0888. The molecule has 1 atom stereocenters. The van der Waals surface area contributed by atoms with Crippen molar-refractivity contribution in [1.82, 2.24) is 4.90 Å². The van der Waals surface area contributed by atoms with Crippen molar-refractivity contribution < 1.29 is 14.3 Å². The van der Waals surface area contributed by atoms with Gasteiger partial charge in [0.15, 0.2) is 5.75 Å². The molecule has 1 heterocycles. The number of nitrogens with zero attached hydrogens (tertiary/aromatic N) is 1. The van der Waals surface area contributed by atoms with Crippen LogP contribution in [0.1, 0.15) is 19.3 Å². The molecule has 1 aliphatic heterocycles. The second-order valence-electron chi connectivity index (χ2n) is 7.04. The largest absolute Gasteiger partial charge is 0.455 e. The molecule has 5 heteroatoms. The quantitative estimate of drug-likeness (QED) is 0.865. The van der Waals surface area contributed by atoms with Crippen LogP contribution in [0.2, 0.25) is 0 Å². The molecule has 0 bridgehead atoms. The van der Waals surface area contributed by atoms with E-state index in [9.17, 15) is 9.59 Å². The molecule has 2 aromatic rings. The fourth-order valence-electron chi connectivity index (χ4n) is 3.25. The molecule has 1 aliphatic carbocycles. The Morgan fingerprint density at radius 1 is 1.08 bits per heavy atom. The Morgan fingerprint density at radius 3 is 2.58 bits per heavy atom. The van der Waals surface area contributed by atoms with Crippen LogP contribution in [0.3, 0.4) is 0 Å². The summed E-state index contributed by atoms with van der Waals surface area (Å²) in [5.41, 5.74) is 0.620. The van der Waals surface area contributed by atoms with Crippen LogP contribution in [0.15, 0.2) is 54.6 Å². The lowest BCUT2D eigenvalue weighted by Crippen LogP contribution is -2.29. The number of nitrogens with one attached hydrogen (secondary N) is 1. The van der Waals surface area contributed by atoms with Crippen molar-refractivity contribution in [3.63, 3.8) is 0 Å². The lowest BCUT2D eigenvalue weighted by atomic mass is 10.1. The van der Waals surface area contributed by atoms with Gasteiger partial charge in [-0.1, -0.05) is 30.3 Å². The van der Waals surface area contributed by atoms with E-state index in [0.29, 0.717) is 36.1 Å². The highest BCUT2D eigenvalue weighted by Crippen LogP contribution is 2.33.